The number of carbonyl (C=O) groups excluding carboxylic acids is 1. The molecule has 2 rings (SSSR count). The zero-order valence-corrected chi connectivity index (χ0v) is 13.2. The Labute approximate surface area is 138 Å². The number of thioether (sulfide) groups is 1. The summed E-state index contributed by atoms with van der Waals surface area (Å²) in [5.74, 6) is -1.63. The van der Waals surface area contributed by atoms with E-state index in [1.165, 1.54) is 20.0 Å². The van der Waals surface area contributed by atoms with Gasteiger partial charge in [-0.25, -0.2) is 4.98 Å². The van der Waals surface area contributed by atoms with Crippen LogP contribution in [-0.4, -0.2) is 34.4 Å². The summed E-state index contributed by atoms with van der Waals surface area (Å²) in [6.45, 7) is 1.36. The Kier molecular flexibility index (Phi) is 4.60. The van der Waals surface area contributed by atoms with Crippen molar-refractivity contribution in [1.82, 2.24) is 4.98 Å². The molecule has 12 heteroatoms. The topological polar surface area (TPSA) is 114 Å². The van der Waals surface area contributed by atoms with Crippen LogP contribution >= 0.6 is 11.8 Å². The maximum Gasteiger partial charge on any atom is 0.432 e. The van der Waals surface area contributed by atoms with Crippen molar-refractivity contribution in [2.75, 3.05) is 17.3 Å². The van der Waals surface area contributed by atoms with E-state index in [0.29, 0.717) is 16.7 Å². The molecule has 0 saturated carbocycles. The van der Waals surface area contributed by atoms with Gasteiger partial charge in [0.1, 0.15) is 16.4 Å². The zero-order valence-electron chi connectivity index (χ0n) is 12.4. The number of rotatable bonds is 4. The van der Waals surface area contributed by atoms with Crippen molar-refractivity contribution < 1.29 is 22.9 Å². The van der Waals surface area contributed by atoms with E-state index in [-0.39, 0.29) is 5.82 Å². The number of allylic oxidation sites excluding steroid dienone is 1. The third-order valence-electron chi connectivity index (χ3n) is 3.14. The summed E-state index contributed by atoms with van der Waals surface area (Å²) < 4.78 is 40.4. The van der Waals surface area contributed by atoms with Crippen molar-refractivity contribution in [3.05, 3.63) is 32.8 Å². The highest BCUT2D eigenvalue weighted by Gasteiger charge is 2.50. The smallest absolute Gasteiger partial charge is 0.373 e. The SMILES string of the molecule is CNc1ccc([N+](=O)[O-])c(N2C(C(F)(F)F)=C(C(N)=O)SC2C)n1. The molecule has 1 unspecified atom stereocenters. The average Bonchev–Trinajstić information content (AvgIpc) is 2.84. The second kappa shape index (κ2) is 6.19. The van der Waals surface area contributed by atoms with Crippen LogP contribution in [-0.2, 0) is 4.79 Å². The third kappa shape index (κ3) is 3.09. The third-order valence-corrected chi connectivity index (χ3v) is 4.32. The highest BCUT2D eigenvalue weighted by molar-refractivity contribution is 8.05. The molecule has 1 aliphatic rings. The summed E-state index contributed by atoms with van der Waals surface area (Å²) >= 11 is 0.573. The molecule has 3 N–H and O–H groups in total. The number of pyridine rings is 1. The van der Waals surface area contributed by atoms with Gasteiger partial charge in [-0.15, -0.1) is 0 Å². The number of hydrogen-bond acceptors (Lipinski definition) is 7. The van der Waals surface area contributed by atoms with Crippen molar-refractivity contribution in [2.24, 2.45) is 5.73 Å². The van der Waals surface area contributed by atoms with Crippen molar-refractivity contribution in [1.29, 1.82) is 0 Å². The van der Waals surface area contributed by atoms with E-state index < -0.39 is 44.5 Å². The molecule has 1 aliphatic heterocycles. The fraction of sp³-hybridized carbons (Fsp3) is 0.333. The van der Waals surface area contributed by atoms with Crippen LogP contribution in [0.3, 0.4) is 0 Å². The second-order valence-electron chi connectivity index (χ2n) is 4.67. The second-order valence-corrected chi connectivity index (χ2v) is 6.00. The molecule has 1 amide bonds. The lowest BCUT2D eigenvalue weighted by molar-refractivity contribution is -0.384. The Morgan fingerprint density at radius 1 is 1.50 bits per heavy atom. The van der Waals surface area contributed by atoms with Crippen molar-refractivity contribution in [3.63, 3.8) is 0 Å². The van der Waals surface area contributed by atoms with Gasteiger partial charge in [0.2, 0.25) is 5.82 Å². The summed E-state index contributed by atoms with van der Waals surface area (Å²) in [5.41, 5.74) is 3.06. The molecule has 8 nitrogen and oxygen atoms in total. The number of primary amides is 1. The summed E-state index contributed by atoms with van der Waals surface area (Å²) in [7, 11) is 1.47. The van der Waals surface area contributed by atoms with Crippen molar-refractivity contribution >= 4 is 35.0 Å². The molecule has 0 aliphatic carbocycles. The largest absolute Gasteiger partial charge is 0.432 e. The van der Waals surface area contributed by atoms with E-state index >= 15 is 0 Å². The minimum Gasteiger partial charge on any atom is -0.373 e. The van der Waals surface area contributed by atoms with Crippen LogP contribution in [0.15, 0.2) is 22.7 Å². The van der Waals surface area contributed by atoms with Crippen LogP contribution < -0.4 is 16.0 Å². The Balaban J connectivity index is 2.73. The highest BCUT2D eigenvalue weighted by atomic mass is 32.2. The fourth-order valence-electron chi connectivity index (χ4n) is 2.19. The minimum atomic E-state index is -4.94. The van der Waals surface area contributed by atoms with Gasteiger partial charge in [0.25, 0.3) is 5.91 Å². The number of halogens is 3. The first-order valence-electron chi connectivity index (χ1n) is 6.48. The fourth-order valence-corrected chi connectivity index (χ4v) is 3.28. The number of nitrogens with two attached hydrogens (primary N) is 1. The van der Waals surface area contributed by atoms with Crippen LogP contribution in [0.4, 0.5) is 30.5 Å². The molecule has 0 aromatic carbocycles. The molecule has 0 bridgehead atoms. The average molecular weight is 363 g/mol. The molecular weight excluding hydrogens is 351 g/mol. The number of amides is 1. The normalized spacial score (nSPS) is 18.0. The Bertz CT molecular complexity index is 737. The van der Waals surface area contributed by atoms with Gasteiger partial charge in [-0.05, 0) is 13.0 Å². The van der Waals surface area contributed by atoms with Gasteiger partial charge in [-0.2, -0.15) is 13.2 Å². The van der Waals surface area contributed by atoms with Gasteiger partial charge < -0.3 is 16.0 Å². The molecule has 0 saturated heterocycles. The summed E-state index contributed by atoms with van der Waals surface area (Å²) in [5, 5.41) is 12.8. The minimum absolute atomic E-state index is 0.141. The van der Waals surface area contributed by atoms with Crippen LogP contribution in [0.1, 0.15) is 6.92 Å². The van der Waals surface area contributed by atoms with E-state index in [1.807, 2.05) is 0 Å². The number of hydrogen-bond donors (Lipinski definition) is 2. The lowest BCUT2D eigenvalue weighted by Gasteiger charge is -2.26. The first-order valence-corrected chi connectivity index (χ1v) is 7.36. The van der Waals surface area contributed by atoms with Crippen LogP contribution in [0, 0.1) is 10.1 Å². The van der Waals surface area contributed by atoms with Gasteiger partial charge in [0.15, 0.2) is 0 Å². The molecule has 1 aromatic heterocycles. The van der Waals surface area contributed by atoms with Crippen LogP contribution in [0.25, 0.3) is 0 Å². The number of anilines is 2. The molecule has 0 radical (unpaired) electrons. The standard InChI is InChI=1S/C12H12F3N5O3S/c1-5-19(9(12(13,14)15)8(24-5)10(16)21)11-6(20(22)23)3-4-7(17-2)18-11/h3-5H,1-2H3,(H2,16,21)(H,17,18). The molecule has 0 spiro atoms. The van der Waals surface area contributed by atoms with E-state index in [1.54, 1.807) is 0 Å². The Morgan fingerprint density at radius 3 is 2.58 bits per heavy atom. The maximum atomic E-state index is 13.5. The number of nitrogens with one attached hydrogen (secondary N) is 1. The number of nitrogens with zero attached hydrogens (tertiary/aromatic N) is 3. The lowest BCUT2D eigenvalue weighted by atomic mass is 10.2. The summed E-state index contributed by atoms with van der Waals surface area (Å²) in [6.07, 6.45) is -4.94. The predicted octanol–water partition coefficient (Wildman–Crippen LogP) is 2.19. The zero-order chi connectivity index (χ0) is 18.2. The molecule has 1 aromatic rings. The number of nitro groups is 1. The maximum absolute atomic E-state index is 13.5. The lowest BCUT2D eigenvalue weighted by Crippen LogP contribution is -2.35. The van der Waals surface area contributed by atoms with Crippen molar-refractivity contribution in [3.8, 4) is 0 Å². The van der Waals surface area contributed by atoms with Gasteiger partial charge in [0.05, 0.1) is 10.3 Å². The van der Waals surface area contributed by atoms with Gasteiger partial charge >= 0.3 is 11.9 Å². The van der Waals surface area contributed by atoms with E-state index in [2.05, 4.69) is 10.3 Å². The predicted molar refractivity (Wildman–Crippen MR) is 82.2 cm³/mol. The van der Waals surface area contributed by atoms with Gasteiger partial charge in [-0.3, -0.25) is 14.9 Å². The first-order chi connectivity index (χ1) is 11.1. The van der Waals surface area contributed by atoms with Crippen molar-refractivity contribution in [2.45, 2.75) is 18.5 Å². The van der Waals surface area contributed by atoms with E-state index in [0.717, 1.165) is 6.07 Å². The quantitative estimate of drug-likeness (QED) is 0.622. The van der Waals surface area contributed by atoms with Crippen LogP contribution in [0.5, 0.6) is 0 Å². The molecule has 24 heavy (non-hydrogen) atoms. The molecule has 2 heterocycles. The number of alkyl halides is 3. The van der Waals surface area contributed by atoms with E-state index in [4.69, 9.17) is 5.73 Å². The number of aromatic nitrogens is 1. The van der Waals surface area contributed by atoms with E-state index in [9.17, 15) is 28.1 Å². The van der Waals surface area contributed by atoms with Gasteiger partial charge in [0, 0.05) is 13.1 Å². The molecular formula is C12H12F3N5O3S. The Morgan fingerprint density at radius 2 is 2.12 bits per heavy atom. The molecule has 1 atom stereocenters. The molecule has 130 valence electrons. The summed E-state index contributed by atoms with van der Waals surface area (Å²) in [6, 6.07) is 2.31. The monoisotopic (exact) mass is 363 g/mol. The number of carbonyl (C=O) groups is 1. The Hall–Kier alpha value is -2.50. The molecule has 0 fully saturated rings. The summed E-state index contributed by atoms with van der Waals surface area (Å²) in [4.78, 5) is 25.5. The van der Waals surface area contributed by atoms with Crippen LogP contribution in [0.2, 0.25) is 0 Å². The highest BCUT2D eigenvalue weighted by Crippen LogP contribution is 2.48. The van der Waals surface area contributed by atoms with Gasteiger partial charge in [-0.1, -0.05) is 11.8 Å². The first kappa shape index (κ1) is 17.8.